The summed E-state index contributed by atoms with van der Waals surface area (Å²) in [7, 11) is 0. The van der Waals surface area contributed by atoms with Gasteiger partial charge in [-0.05, 0) is 31.2 Å². The second-order valence-electron chi connectivity index (χ2n) is 6.18. The van der Waals surface area contributed by atoms with Gasteiger partial charge in [-0.25, -0.2) is 0 Å². The molecule has 1 aliphatic heterocycles. The summed E-state index contributed by atoms with van der Waals surface area (Å²) in [6, 6.07) is 10.6. The van der Waals surface area contributed by atoms with E-state index in [-0.39, 0.29) is 11.0 Å². The van der Waals surface area contributed by atoms with Crippen LogP contribution in [0.3, 0.4) is 0 Å². The number of benzene rings is 1. The molecule has 0 amide bonds. The number of carbonyl (C=O) groups excluding carboxylic acids is 1. The van der Waals surface area contributed by atoms with E-state index in [0.29, 0.717) is 6.42 Å². The first kappa shape index (κ1) is 12.9. The minimum atomic E-state index is 0.00556. The molecule has 1 atom stereocenters. The molecule has 1 aliphatic carbocycles. The lowest BCUT2D eigenvalue weighted by molar-refractivity contribution is -0.118. The molecule has 2 heteroatoms. The molecule has 0 aromatic heterocycles. The predicted octanol–water partition coefficient (Wildman–Crippen LogP) is 3.64. The van der Waals surface area contributed by atoms with E-state index in [1.165, 1.54) is 31.2 Å². The Hall–Kier alpha value is -1.15. The first-order valence-electron chi connectivity index (χ1n) is 7.42. The molecule has 1 spiro atoms. The third-order valence-corrected chi connectivity index (χ3v) is 5.02. The molecule has 3 rings (SSSR count). The van der Waals surface area contributed by atoms with Crippen molar-refractivity contribution in [3.63, 3.8) is 0 Å². The number of ether oxygens (including phenoxy) is 1. The molecule has 102 valence electrons. The minimum Gasteiger partial charge on any atom is -0.375 e. The van der Waals surface area contributed by atoms with Gasteiger partial charge in [0.2, 0.25) is 0 Å². The van der Waals surface area contributed by atoms with Gasteiger partial charge in [-0.15, -0.1) is 0 Å². The van der Waals surface area contributed by atoms with Gasteiger partial charge in [-0.1, -0.05) is 43.2 Å². The standard InChI is InChI=1S/C17H22O2/c18-12-10-16(15-6-2-1-3-7-15)11-13-19-17(14-16)8-4-5-9-17/h1-3,6-7,12H,4-5,8-11,13-14H2. The Morgan fingerprint density at radius 2 is 1.84 bits per heavy atom. The van der Waals surface area contributed by atoms with Gasteiger partial charge in [-0.2, -0.15) is 0 Å². The molecule has 1 unspecified atom stereocenters. The summed E-state index contributed by atoms with van der Waals surface area (Å²) in [6.07, 6.45) is 8.59. The van der Waals surface area contributed by atoms with Crippen molar-refractivity contribution < 1.29 is 9.53 Å². The van der Waals surface area contributed by atoms with Gasteiger partial charge in [0, 0.05) is 18.4 Å². The number of hydrogen-bond acceptors (Lipinski definition) is 2. The van der Waals surface area contributed by atoms with Crippen LogP contribution in [0.5, 0.6) is 0 Å². The van der Waals surface area contributed by atoms with Crippen molar-refractivity contribution >= 4 is 6.29 Å². The Morgan fingerprint density at radius 3 is 2.53 bits per heavy atom. The van der Waals surface area contributed by atoms with Crippen molar-refractivity contribution in [3.05, 3.63) is 35.9 Å². The van der Waals surface area contributed by atoms with Crippen LogP contribution in [-0.2, 0) is 14.9 Å². The summed E-state index contributed by atoms with van der Waals surface area (Å²) in [4.78, 5) is 11.2. The van der Waals surface area contributed by atoms with E-state index in [1.54, 1.807) is 0 Å². The summed E-state index contributed by atoms with van der Waals surface area (Å²) in [6.45, 7) is 0.794. The highest BCUT2D eigenvalue weighted by molar-refractivity contribution is 5.54. The van der Waals surface area contributed by atoms with Crippen LogP contribution in [0.25, 0.3) is 0 Å². The van der Waals surface area contributed by atoms with Crippen molar-refractivity contribution in [3.8, 4) is 0 Å². The molecule has 19 heavy (non-hydrogen) atoms. The lowest BCUT2D eigenvalue weighted by Gasteiger charge is -2.46. The molecule has 0 bridgehead atoms. The van der Waals surface area contributed by atoms with Crippen LogP contribution in [0.15, 0.2) is 30.3 Å². The summed E-state index contributed by atoms with van der Waals surface area (Å²) in [5.74, 6) is 0. The zero-order valence-electron chi connectivity index (χ0n) is 11.4. The normalized spacial score (nSPS) is 29.5. The predicted molar refractivity (Wildman–Crippen MR) is 75.2 cm³/mol. The van der Waals surface area contributed by atoms with Crippen molar-refractivity contribution in [1.82, 2.24) is 0 Å². The highest BCUT2D eigenvalue weighted by atomic mass is 16.5. The fraction of sp³-hybridized carbons (Fsp3) is 0.588. The molecule has 0 N–H and O–H groups in total. The molecule has 1 saturated carbocycles. The lowest BCUT2D eigenvalue weighted by Crippen LogP contribution is -2.46. The van der Waals surface area contributed by atoms with E-state index in [1.807, 2.05) is 6.07 Å². The van der Waals surface area contributed by atoms with Gasteiger partial charge in [0.05, 0.1) is 5.60 Å². The quantitative estimate of drug-likeness (QED) is 0.774. The zero-order chi connectivity index (χ0) is 13.2. The van der Waals surface area contributed by atoms with E-state index in [0.717, 1.165) is 25.7 Å². The first-order chi connectivity index (χ1) is 9.29. The topological polar surface area (TPSA) is 26.3 Å². The maximum Gasteiger partial charge on any atom is 0.120 e. The maximum absolute atomic E-state index is 11.2. The highest BCUT2D eigenvalue weighted by Crippen LogP contribution is 2.49. The number of carbonyl (C=O) groups is 1. The molecule has 2 aliphatic rings. The minimum absolute atomic E-state index is 0.00556. The SMILES string of the molecule is O=CCC1(c2ccccc2)CCOC2(CCCC2)C1. The van der Waals surface area contributed by atoms with Gasteiger partial charge in [0.1, 0.15) is 6.29 Å². The second-order valence-corrected chi connectivity index (χ2v) is 6.18. The molecular formula is C17H22O2. The number of hydrogen-bond donors (Lipinski definition) is 0. The summed E-state index contributed by atoms with van der Waals surface area (Å²) in [5, 5.41) is 0. The Labute approximate surface area is 115 Å². The van der Waals surface area contributed by atoms with Gasteiger partial charge < -0.3 is 9.53 Å². The molecule has 2 fully saturated rings. The third kappa shape index (κ3) is 2.34. The Morgan fingerprint density at radius 1 is 1.11 bits per heavy atom. The Balaban J connectivity index is 1.94. The molecular weight excluding hydrogens is 236 g/mol. The van der Waals surface area contributed by atoms with E-state index in [4.69, 9.17) is 4.74 Å². The summed E-state index contributed by atoms with van der Waals surface area (Å²) >= 11 is 0. The van der Waals surface area contributed by atoms with Gasteiger partial charge in [0.15, 0.2) is 0 Å². The monoisotopic (exact) mass is 258 g/mol. The van der Waals surface area contributed by atoms with Gasteiger partial charge in [-0.3, -0.25) is 0 Å². The largest absolute Gasteiger partial charge is 0.375 e. The average Bonchev–Trinajstić information content (AvgIpc) is 2.88. The van der Waals surface area contributed by atoms with E-state index < -0.39 is 0 Å². The van der Waals surface area contributed by atoms with Crippen LogP contribution in [-0.4, -0.2) is 18.5 Å². The fourth-order valence-corrected chi connectivity index (χ4v) is 4.05. The highest BCUT2D eigenvalue weighted by Gasteiger charge is 2.47. The number of rotatable bonds is 3. The van der Waals surface area contributed by atoms with Crippen LogP contribution in [0.2, 0.25) is 0 Å². The third-order valence-electron chi connectivity index (χ3n) is 5.02. The van der Waals surface area contributed by atoms with Crippen LogP contribution >= 0.6 is 0 Å². The Kier molecular flexibility index (Phi) is 3.44. The van der Waals surface area contributed by atoms with Crippen LogP contribution < -0.4 is 0 Å². The molecule has 1 saturated heterocycles. The molecule has 1 aromatic carbocycles. The van der Waals surface area contributed by atoms with Crippen LogP contribution in [0.4, 0.5) is 0 Å². The molecule has 0 radical (unpaired) electrons. The zero-order valence-corrected chi connectivity index (χ0v) is 11.4. The van der Waals surface area contributed by atoms with Crippen LogP contribution in [0.1, 0.15) is 50.5 Å². The Bertz CT molecular complexity index is 434. The molecule has 2 nitrogen and oxygen atoms in total. The van der Waals surface area contributed by atoms with E-state index >= 15 is 0 Å². The second kappa shape index (κ2) is 5.09. The smallest absolute Gasteiger partial charge is 0.120 e. The molecule has 1 heterocycles. The fourth-order valence-electron chi connectivity index (χ4n) is 4.05. The van der Waals surface area contributed by atoms with Gasteiger partial charge >= 0.3 is 0 Å². The van der Waals surface area contributed by atoms with Crippen LogP contribution in [0, 0.1) is 0 Å². The molecule has 1 aromatic rings. The van der Waals surface area contributed by atoms with E-state index in [2.05, 4.69) is 24.3 Å². The van der Waals surface area contributed by atoms with Crippen molar-refractivity contribution in [1.29, 1.82) is 0 Å². The van der Waals surface area contributed by atoms with Crippen molar-refractivity contribution in [2.24, 2.45) is 0 Å². The maximum atomic E-state index is 11.2. The summed E-state index contributed by atoms with van der Waals surface area (Å²) < 4.78 is 6.13. The lowest BCUT2D eigenvalue weighted by atomic mass is 9.66. The average molecular weight is 258 g/mol. The first-order valence-corrected chi connectivity index (χ1v) is 7.42. The van der Waals surface area contributed by atoms with Gasteiger partial charge in [0.25, 0.3) is 0 Å². The number of aldehydes is 1. The van der Waals surface area contributed by atoms with E-state index in [9.17, 15) is 4.79 Å². The van der Waals surface area contributed by atoms with Crippen molar-refractivity contribution in [2.45, 2.75) is 56.0 Å². The summed E-state index contributed by atoms with van der Waals surface area (Å²) in [5.41, 5.74) is 1.37. The van der Waals surface area contributed by atoms with Crippen molar-refractivity contribution in [2.75, 3.05) is 6.61 Å².